The highest BCUT2D eigenvalue weighted by molar-refractivity contribution is 6.31. The molecule has 1 atom stereocenters. The van der Waals surface area contributed by atoms with Crippen LogP contribution in [0.4, 0.5) is 0 Å². The molecule has 1 unspecified atom stereocenters. The van der Waals surface area contributed by atoms with Gasteiger partial charge in [0.2, 0.25) is 0 Å². The summed E-state index contributed by atoms with van der Waals surface area (Å²) in [6.07, 6.45) is 4.46. The van der Waals surface area contributed by atoms with Gasteiger partial charge in [0.1, 0.15) is 0 Å². The Morgan fingerprint density at radius 3 is 2.70 bits per heavy atom. The third kappa shape index (κ3) is 2.73. The van der Waals surface area contributed by atoms with Gasteiger partial charge in [-0.05, 0) is 54.0 Å². The van der Waals surface area contributed by atoms with Crippen LogP contribution < -0.4 is 11.3 Å². The summed E-state index contributed by atoms with van der Waals surface area (Å²) in [6.45, 7) is 0. The molecule has 20 heavy (non-hydrogen) atoms. The number of benzene rings is 2. The monoisotopic (exact) mass is 286 g/mol. The molecule has 0 spiro atoms. The van der Waals surface area contributed by atoms with E-state index in [-0.39, 0.29) is 6.04 Å². The first-order valence-corrected chi connectivity index (χ1v) is 7.47. The number of nitrogens with two attached hydrogens (primary N) is 1. The van der Waals surface area contributed by atoms with Gasteiger partial charge in [-0.15, -0.1) is 0 Å². The molecular weight excluding hydrogens is 268 g/mol. The molecule has 3 rings (SSSR count). The van der Waals surface area contributed by atoms with Crippen molar-refractivity contribution < 1.29 is 0 Å². The molecule has 2 aromatic rings. The number of hydrazine groups is 1. The van der Waals surface area contributed by atoms with E-state index in [1.54, 1.807) is 0 Å². The molecule has 0 aliphatic heterocycles. The van der Waals surface area contributed by atoms with Gasteiger partial charge in [-0.25, -0.2) is 0 Å². The molecule has 0 heterocycles. The van der Waals surface area contributed by atoms with Gasteiger partial charge in [0.25, 0.3) is 0 Å². The lowest BCUT2D eigenvalue weighted by Crippen LogP contribution is -2.29. The summed E-state index contributed by atoms with van der Waals surface area (Å²) in [5.41, 5.74) is 8.26. The van der Waals surface area contributed by atoms with Crippen molar-refractivity contribution in [3.05, 3.63) is 69.7 Å². The van der Waals surface area contributed by atoms with Crippen molar-refractivity contribution in [1.82, 2.24) is 5.43 Å². The van der Waals surface area contributed by atoms with Crippen LogP contribution in [0.15, 0.2) is 42.5 Å². The second-order valence-corrected chi connectivity index (χ2v) is 5.80. The Labute approximate surface area is 124 Å². The van der Waals surface area contributed by atoms with Crippen LogP contribution in [-0.2, 0) is 19.3 Å². The molecule has 0 fully saturated rings. The minimum Gasteiger partial charge on any atom is -0.271 e. The number of rotatable bonds is 4. The second-order valence-electron chi connectivity index (χ2n) is 5.40. The lowest BCUT2D eigenvalue weighted by atomic mass is 9.96. The molecular formula is C17H19ClN2. The Kier molecular flexibility index (Phi) is 4.06. The Bertz CT molecular complexity index is 610. The summed E-state index contributed by atoms with van der Waals surface area (Å²) in [4.78, 5) is 0. The third-order valence-electron chi connectivity index (χ3n) is 4.11. The molecule has 2 aromatic carbocycles. The SMILES string of the molecule is NNC(Cc1ccccc1Cl)c1ccc2c(c1)CCC2. The van der Waals surface area contributed by atoms with Gasteiger partial charge >= 0.3 is 0 Å². The van der Waals surface area contributed by atoms with Crippen LogP contribution in [0.1, 0.15) is 34.7 Å². The lowest BCUT2D eigenvalue weighted by molar-refractivity contribution is 0.551. The first kappa shape index (κ1) is 13.6. The maximum atomic E-state index is 6.24. The Morgan fingerprint density at radius 1 is 1.10 bits per heavy atom. The van der Waals surface area contributed by atoms with E-state index in [0.29, 0.717) is 0 Å². The van der Waals surface area contributed by atoms with E-state index in [1.165, 1.54) is 36.0 Å². The topological polar surface area (TPSA) is 38.0 Å². The minimum atomic E-state index is 0.0980. The Morgan fingerprint density at radius 2 is 1.90 bits per heavy atom. The van der Waals surface area contributed by atoms with Crippen molar-refractivity contribution in [2.24, 2.45) is 5.84 Å². The van der Waals surface area contributed by atoms with Gasteiger partial charge in [-0.3, -0.25) is 11.3 Å². The molecule has 0 bridgehead atoms. The predicted molar refractivity (Wildman–Crippen MR) is 83.7 cm³/mol. The van der Waals surface area contributed by atoms with Crippen LogP contribution in [0.25, 0.3) is 0 Å². The van der Waals surface area contributed by atoms with Crippen LogP contribution >= 0.6 is 11.6 Å². The van der Waals surface area contributed by atoms with Gasteiger partial charge in [-0.1, -0.05) is 48.0 Å². The molecule has 1 aliphatic carbocycles. The van der Waals surface area contributed by atoms with Crippen LogP contribution in [-0.4, -0.2) is 0 Å². The summed E-state index contributed by atoms with van der Waals surface area (Å²) in [5.74, 6) is 5.75. The van der Waals surface area contributed by atoms with Gasteiger partial charge in [0, 0.05) is 5.02 Å². The van der Waals surface area contributed by atoms with Gasteiger partial charge < -0.3 is 0 Å². The fourth-order valence-electron chi connectivity index (χ4n) is 2.97. The Hall–Kier alpha value is -1.35. The van der Waals surface area contributed by atoms with Crippen LogP contribution in [0.3, 0.4) is 0 Å². The molecule has 0 saturated carbocycles. The van der Waals surface area contributed by atoms with Crippen molar-refractivity contribution in [2.75, 3.05) is 0 Å². The van der Waals surface area contributed by atoms with Gasteiger partial charge in [0.15, 0.2) is 0 Å². The number of aryl methyl sites for hydroxylation is 2. The van der Waals surface area contributed by atoms with Crippen LogP contribution in [0.2, 0.25) is 5.02 Å². The van der Waals surface area contributed by atoms with Crippen LogP contribution in [0, 0.1) is 0 Å². The van der Waals surface area contributed by atoms with Crippen molar-refractivity contribution in [3.8, 4) is 0 Å². The number of halogens is 1. The third-order valence-corrected chi connectivity index (χ3v) is 4.48. The van der Waals surface area contributed by atoms with Crippen molar-refractivity contribution in [2.45, 2.75) is 31.7 Å². The zero-order chi connectivity index (χ0) is 13.9. The van der Waals surface area contributed by atoms with Crippen molar-refractivity contribution >= 4 is 11.6 Å². The summed E-state index contributed by atoms with van der Waals surface area (Å²) in [5, 5.41) is 0.800. The van der Waals surface area contributed by atoms with Crippen molar-refractivity contribution in [3.63, 3.8) is 0 Å². The predicted octanol–water partition coefficient (Wildman–Crippen LogP) is 3.58. The number of fused-ring (bicyclic) bond motifs is 1. The summed E-state index contributed by atoms with van der Waals surface area (Å²) < 4.78 is 0. The van der Waals surface area contributed by atoms with E-state index in [0.717, 1.165) is 17.0 Å². The zero-order valence-corrected chi connectivity index (χ0v) is 12.2. The molecule has 0 aromatic heterocycles. The fraction of sp³-hybridized carbons (Fsp3) is 0.294. The average Bonchev–Trinajstić information content (AvgIpc) is 2.94. The quantitative estimate of drug-likeness (QED) is 0.666. The molecule has 3 heteroatoms. The first-order valence-electron chi connectivity index (χ1n) is 7.09. The Balaban J connectivity index is 1.85. The number of nitrogens with one attached hydrogen (secondary N) is 1. The lowest BCUT2D eigenvalue weighted by Gasteiger charge is -2.18. The molecule has 2 nitrogen and oxygen atoms in total. The van der Waals surface area contributed by atoms with E-state index < -0.39 is 0 Å². The maximum absolute atomic E-state index is 6.24. The summed E-state index contributed by atoms with van der Waals surface area (Å²) in [6, 6.07) is 14.8. The maximum Gasteiger partial charge on any atom is 0.0500 e. The number of hydrogen-bond donors (Lipinski definition) is 2. The van der Waals surface area contributed by atoms with Crippen molar-refractivity contribution in [1.29, 1.82) is 0 Å². The fourth-order valence-corrected chi connectivity index (χ4v) is 3.18. The minimum absolute atomic E-state index is 0.0980. The van der Waals surface area contributed by atoms with E-state index in [4.69, 9.17) is 17.4 Å². The van der Waals surface area contributed by atoms with Crippen LogP contribution in [0.5, 0.6) is 0 Å². The molecule has 104 valence electrons. The highest BCUT2D eigenvalue weighted by Crippen LogP contribution is 2.28. The van der Waals surface area contributed by atoms with Gasteiger partial charge in [-0.2, -0.15) is 0 Å². The molecule has 0 saturated heterocycles. The highest BCUT2D eigenvalue weighted by atomic mass is 35.5. The largest absolute Gasteiger partial charge is 0.271 e. The molecule has 3 N–H and O–H groups in total. The normalized spacial score (nSPS) is 15.1. The average molecular weight is 287 g/mol. The highest BCUT2D eigenvalue weighted by Gasteiger charge is 2.16. The molecule has 0 amide bonds. The second kappa shape index (κ2) is 5.96. The van der Waals surface area contributed by atoms with E-state index in [1.807, 2.05) is 18.2 Å². The standard InChI is InChI=1S/C17H19ClN2/c18-16-7-2-1-4-14(16)11-17(20-19)15-9-8-12-5-3-6-13(12)10-15/h1-2,4,7-10,17,20H,3,5-6,11,19H2. The molecule has 0 radical (unpaired) electrons. The number of hydrogen-bond acceptors (Lipinski definition) is 2. The van der Waals surface area contributed by atoms with E-state index in [2.05, 4.69) is 29.7 Å². The van der Waals surface area contributed by atoms with E-state index in [9.17, 15) is 0 Å². The summed E-state index contributed by atoms with van der Waals surface area (Å²) in [7, 11) is 0. The van der Waals surface area contributed by atoms with E-state index >= 15 is 0 Å². The smallest absolute Gasteiger partial charge is 0.0500 e. The van der Waals surface area contributed by atoms with Gasteiger partial charge in [0.05, 0.1) is 6.04 Å². The zero-order valence-electron chi connectivity index (χ0n) is 11.4. The molecule has 1 aliphatic rings. The summed E-state index contributed by atoms with van der Waals surface area (Å²) >= 11 is 6.24. The first-order chi connectivity index (χ1) is 9.78.